The predicted molar refractivity (Wildman–Crippen MR) is 505 cm³/mol. The molecule has 9 aromatic rings. The largest absolute Gasteiger partial charge is 0.513 e. The third-order valence-electron chi connectivity index (χ3n) is 13.8. The van der Waals surface area contributed by atoms with E-state index in [9.17, 15) is 44.9 Å². The summed E-state index contributed by atoms with van der Waals surface area (Å²) < 4.78 is 705. The lowest BCUT2D eigenvalue weighted by Gasteiger charge is -2.27. The number of hydrogen-bond acceptors (Lipinski definition) is 16. The van der Waals surface area contributed by atoms with Gasteiger partial charge in [0.25, 0.3) is 7.12 Å². The number of pyridine rings is 1. The van der Waals surface area contributed by atoms with Crippen molar-refractivity contribution in [1.82, 2.24) is 4.98 Å². The fourth-order valence-electron chi connectivity index (χ4n) is 8.31. The molecule has 0 aliphatic heterocycles. The molecule has 0 saturated carbocycles. The van der Waals surface area contributed by atoms with Crippen molar-refractivity contribution in [2.24, 2.45) is 0 Å². The molecule has 0 aliphatic carbocycles. The maximum absolute atomic E-state index is 11.8. The molecule has 8 aromatic carbocycles. The maximum Gasteiger partial charge on any atom is 0.513 e. The molecule has 19 nitrogen and oxygen atoms in total. The van der Waals surface area contributed by atoms with E-state index in [0.717, 1.165) is 41.7 Å². The highest BCUT2D eigenvalue weighted by atomic mass is 35.5. The number of nitro groups is 1. The van der Waals surface area contributed by atoms with Gasteiger partial charge in [-0.15, -0.1) is 24.7 Å². The molecule has 0 atom stereocenters. The summed E-state index contributed by atoms with van der Waals surface area (Å²) in [5.41, 5.74) is -38.6. The normalized spacial score (nSPS) is 25.4. The molecule has 0 fully saturated rings. The number of aromatic amines is 1. The van der Waals surface area contributed by atoms with Crippen molar-refractivity contribution in [2.45, 2.75) is 294 Å². The van der Waals surface area contributed by atoms with Gasteiger partial charge in [0, 0.05) is 168 Å². The highest BCUT2D eigenvalue weighted by Gasteiger charge is 2.32. The van der Waals surface area contributed by atoms with E-state index < -0.39 is 393 Å². The second-order valence-corrected chi connectivity index (χ2v) is 25.4. The molecular weight excluding hydrogens is 1560 g/mol. The summed E-state index contributed by atoms with van der Waals surface area (Å²) in [5.74, 6) is -7.75. The molecule has 1 aromatic heterocycles. The molecule has 1 heterocycles. The number of halogens is 2. The van der Waals surface area contributed by atoms with E-state index in [1.165, 1.54) is 18.3 Å². The number of nitrogen functional groups attached to an aromatic ring is 2. The molecule has 668 valence electrons. The molecule has 0 amide bonds. The Morgan fingerprint density at radius 1 is 0.475 bits per heavy atom. The molecular formula is C99H148Cl2N4O15. The van der Waals surface area contributed by atoms with Crippen molar-refractivity contribution in [3.05, 3.63) is 245 Å². The Labute approximate surface area is 858 Å². The monoisotopic (exact) mass is 1790 g/mol. The fraction of sp³-hybridized carbons (Fsp3) is 0.465. The number of fused-ring (bicyclic) bond motifs is 1. The second kappa shape index (κ2) is 45.6. The maximum atomic E-state index is 11.8. The summed E-state index contributed by atoms with van der Waals surface area (Å²) in [7, 11) is 0.824. The number of hydrogen-bond donors (Lipinski definition) is 11. The minimum absolute atomic E-state index is 0. The SMILES string of the molecule is C.Cl.O=C(O)c1c[nH]c2ccccc2c1=O.Oc1ccccc1.[2H]C([2H])([2H])C(C)(c1cc(C(C([2H])([2H])[2H])(C([2H])([2H])[2H])C([2H])([2H])[2H])c(O)cc1N)C([2H])([2H])[2H].[2H]Cl.[2H]OC(C)(C([2H])([2H])[2H])C([2H])([2H])[2H].[2H]Oc1c([2H])cc([2H])cc1[2H].[2H]c1c(N)c(C(C)(C([2H])([2H])[2H])C([2H])([2H])[2H])cc(C(C([2H])([2H])[2H])(C([2H])([2H])[2H])C([2H])([2H])[2H])c1O.[2H]c1c(O)c(C(C([2H])([2H])[2H])(C([2H])([2H])[2H])C([2H])([2H])[2H])cc(C(C)(C([2H])([2H])[2H])C([2H])([2H])[2H])c1[N+](=O)[O-].[2H]c1cc(C(C)(C([2H])([2H])[2H])C([2H])([2H])[2H])cc(C(C([2H])([2H])[2H])(C([2H])([2H])[2H])C([2H])([2H])[2H])c1O.[2H]c1cc(C(C)(C([2H])([2H])[2H])C([2H])([2H])[2H])cc(C(C([2H])([2H])[2H])(C([2H])([2H])[2H])C([2H])([2H])[2H])c1OC(=O)OC. The van der Waals surface area contributed by atoms with E-state index in [-0.39, 0.29) is 55.3 Å². The highest BCUT2D eigenvalue weighted by molar-refractivity contribution is 5.92. The number of aromatic hydroxyl groups is 6. The zero-order valence-electron chi connectivity index (χ0n) is 154. The number of methoxy groups -OCH3 is 1. The van der Waals surface area contributed by atoms with Crippen LogP contribution in [0, 0.1) is 10.1 Å². The number of benzene rings is 8. The van der Waals surface area contributed by atoms with Gasteiger partial charge in [0.05, 0.1) is 33.3 Å². The van der Waals surface area contributed by atoms with Crippen molar-refractivity contribution in [1.29, 1.82) is 4.04 Å². The number of aromatic nitrogens is 1. The average molecular weight is 1800 g/mol. The molecule has 0 spiro atoms. The van der Waals surface area contributed by atoms with E-state index >= 15 is 0 Å². The zero-order chi connectivity index (χ0) is 168. The number of nitrogens with two attached hydrogens (primary N) is 2. The van der Waals surface area contributed by atoms with Gasteiger partial charge in [-0.1, -0.05) is 286 Å². The molecule has 0 radical (unpaired) electrons. The molecule has 21 heteroatoms. The standard InChI is InChI=1S/C16H24O3.C14H21NO3.2C14H23NO.C14H22O.C10H7NO3.2C6H6O.C4H10O.CH4.2ClH/c1-15(2,3)11-8-9-13(19-14(17)18-7)12(10-11)16(4,5)6;1-13(2,3)9-7-10(14(4,5)6)12(16)8-11(9)15(17)18;2*1-13(2,3)9-7-10(14(4,5)6)12(16)8-11(9)15;1-13(2,3)10-7-8-12(15)11(9-10)14(4,5)6;12-9-6-3-1-2-4-8(6)11-5-7(9)10(13)14;2*7-6-4-2-1-3-5-6;1-4(2,3)5;;;/h8-10H,1-7H3;7-8,16H,1-6H3;2*7-8,16H,15H2,1-6H3;7-9,15H,1-6H3;1-5H,(H,11,12)(H,13,14);2*1-5,7H;5H,1-3H3;1H4;2*1H/i1D3,2D3,4D3,5D3,6D3,9D;2*1D3,2D3,4D3,5D3,6D3,8D;1D3,2D3,4D3,5D3,6D3;1D3,2D3,4D3,5D3,6D3,8D;;1D,4D,5D;;1D3,2D3,5D;;;/hD2. The first-order valence-corrected chi connectivity index (χ1v) is 31.9. The van der Waals surface area contributed by atoms with Gasteiger partial charge < -0.3 is 66.8 Å². The van der Waals surface area contributed by atoms with E-state index in [1.54, 1.807) is 48.5 Å². The summed E-state index contributed by atoms with van der Waals surface area (Å²) in [6, 6.07) is 16.6. The van der Waals surface area contributed by atoms with E-state index in [2.05, 4.69) is 32.3 Å². The number of aliphatic hydroxyl groups is 1. The van der Waals surface area contributed by atoms with Gasteiger partial charge in [0.1, 0.15) is 47.0 Å². The Kier molecular flexibility index (Phi) is 12.7. The van der Waals surface area contributed by atoms with E-state index in [4.69, 9.17) is 151 Å². The molecule has 0 bridgehead atoms. The Balaban J connectivity index is -0.00000237. The van der Waals surface area contributed by atoms with E-state index in [0.29, 0.717) is 66.0 Å². The third-order valence-corrected chi connectivity index (χ3v) is 13.8. The number of carboxylic acids is 1. The van der Waals surface area contributed by atoms with Crippen LogP contribution in [-0.4, -0.2) is 79.6 Å². The van der Waals surface area contributed by atoms with Gasteiger partial charge in [-0.3, -0.25) is 14.9 Å². The number of nitrogens with one attached hydrogen (secondary N) is 1. The van der Waals surface area contributed by atoms with Gasteiger partial charge in [-0.05, 0) is 180 Å². The number of carboxylic acid groups (broad SMARTS) is 1. The molecule has 120 heavy (non-hydrogen) atoms. The third kappa shape index (κ3) is 39.1. The summed E-state index contributed by atoms with van der Waals surface area (Å²) in [6.07, 6.45) is -0.357. The lowest BCUT2D eigenvalue weighted by atomic mass is 9.79. The zero-order valence-corrected chi connectivity index (χ0v) is 64.9. The summed E-state index contributed by atoms with van der Waals surface area (Å²) in [6.45, 7) is -92.7. The van der Waals surface area contributed by atoms with Gasteiger partial charge >= 0.3 is 12.1 Å². The molecule has 0 unspecified atom stereocenters. The van der Waals surface area contributed by atoms with Crippen molar-refractivity contribution >= 4 is 64.8 Å². The predicted octanol–water partition coefficient (Wildman–Crippen LogP) is 25.7. The number of H-pyrrole nitrogens is 1. The smallest absolute Gasteiger partial charge is 0.508 e. The van der Waals surface area contributed by atoms with Gasteiger partial charge in [0.15, 0.2) is 0 Å². The summed E-state index contributed by atoms with van der Waals surface area (Å²) in [5, 5.41) is 79.1. The van der Waals surface area contributed by atoms with Crippen molar-refractivity contribution in [3.63, 3.8) is 0 Å². The van der Waals surface area contributed by atoms with Crippen LogP contribution in [0.3, 0.4) is 0 Å². The number of aromatic carboxylic acids is 1. The topological polar surface area (TPSA) is 342 Å². The number of para-hydroxylation sites is 3. The van der Waals surface area contributed by atoms with Crippen LogP contribution in [0.5, 0.6) is 40.2 Å². The Morgan fingerprint density at radius 2 is 0.883 bits per heavy atom. The van der Waals surface area contributed by atoms with Gasteiger partial charge in [-0.2, -0.15) is 0 Å². The molecule has 13 N–H and O–H groups in total. The Hall–Kier alpha value is -9.95. The van der Waals surface area contributed by atoms with E-state index in [1.807, 2.05) is 6.07 Å². The number of rotatable bonds is 4. The number of nitro benzene ring substituents is 1. The van der Waals surface area contributed by atoms with Crippen LogP contribution in [0.1, 0.15) is 421 Å². The minimum Gasteiger partial charge on any atom is -0.508 e. The fourth-order valence-corrected chi connectivity index (χ4v) is 8.31. The average Bonchev–Trinajstić information content (AvgIpc) is 0.696. The quantitative estimate of drug-likeness (QED) is 0.0256. The number of ether oxygens (including phenoxy) is 2. The number of phenols is 6. The van der Waals surface area contributed by atoms with Crippen LogP contribution in [0.25, 0.3) is 10.9 Å². The summed E-state index contributed by atoms with van der Waals surface area (Å²) in [4.78, 5) is 47.1. The highest BCUT2D eigenvalue weighted by Crippen LogP contribution is 2.43. The molecule has 0 saturated heterocycles. The minimum atomic E-state index is -3.99. The van der Waals surface area contributed by atoms with Crippen LogP contribution >= 0.6 is 24.7 Å². The van der Waals surface area contributed by atoms with Gasteiger partial charge in [-0.25, -0.2) is 9.59 Å². The van der Waals surface area contributed by atoms with Crippen LogP contribution in [-0.2, 0) is 58.9 Å². The Morgan fingerprint density at radius 3 is 1.30 bits per heavy atom. The number of carbonyl (C=O) groups is 2. The molecule has 0 aliphatic rings. The van der Waals surface area contributed by atoms with Crippen molar-refractivity contribution in [2.75, 3.05) is 18.6 Å². The lowest BCUT2D eigenvalue weighted by molar-refractivity contribution is -0.386. The number of nitrogens with zero attached hydrogens (tertiary/aromatic N) is 1. The second-order valence-electron chi connectivity index (χ2n) is 25.4. The van der Waals surface area contributed by atoms with Crippen molar-refractivity contribution in [3.8, 4) is 40.2 Å². The first-order chi connectivity index (χ1) is 91.4. The number of carbonyl (C=O) groups excluding carboxylic acids is 1. The van der Waals surface area contributed by atoms with Gasteiger partial charge in [0.2, 0.25) is 6.86 Å². The van der Waals surface area contributed by atoms with Crippen LogP contribution < -0.4 is 21.6 Å². The van der Waals surface area contributed by atoms with Crippen molar-refractivity contribution < 1.29 is 185 Å². The van der Waals surface area contributed by atoms with Crippen LogP contribution in [0.2, 0.25) is 0 Å². The molecule has 9 rings (SSSR count). The van der Waals surface area contributed by atoms with Crippen LogP contribution in [0.4, 0.5) is 21.9 Å². The number of anilines is 2. The first kappa shape index (κ1) is 33.4. The Bertz CT molecular complexity index is 8230. The number of phenolic OH excluding ortho intramolecular Hbond substituents is 6. The van der Waals surface area contributed by atoms with Crippen LogP contribution in [0.15, 0.2) is 169 Å². The lowest BCUT2D eigenvalue weighted by Crippen LogP contribution is -2.19. The summed E-state index contributed by atoms with van der Waals surface area (Å²) >= 11 is 3.89. The first-order valence-electron chi connectivity index (χ1n) is 77.1.